The maximum Gasteiger partial charge on any atom is 0.115 e. The first-order chi connectivity index (χ1) is 8.74. The number of fused-ring (bicyclic) bond motifs is 1. The Labute approximate surface area is 110 Å². The van der Waals surface area contributed by atoms with Crippen molar-refractivity contribution in [3.8, 4) is 5.75 Å². The van der Waals surface area contributed by atoms with Crippen molar-refractivity contribution in [2.75, 3.05) is 5.32 Å². The Hall–Kier alpha value is -1.74. The lowest BCUT2D eigenvalue weighted by molar-refractivity contribution is 0.474. The van der Waals surface area contributed by atoms with Gasteiger partial charge in [0.15, 0.2) is 0 Å². The van der Waals surface area contributed by atoms with Gasteiger partial charge in [0.25, 0.3) is 0 Å². The largest absolute Gasteiger partial charge is 0.508 e. The van der Waals surface area contributed by atoms with E-state index in [4.69, 9.17) is 11.6 Å². The molecular weight excluding hydrogens is 248 g/mol. The van der Waals surface area contributed by atoms with Crippen LogP contribution in [0.1, 0.15) is 23.6 Å². The van der Waals surface area contributed by atoms with Crippen LogP contribution in [0.25, 0.3) is 0 Å². The molecule has 18 heavy (non-hydrogen) atoms. The molecule has 2 N–H and O–H groups in total. The van der Waals surface area contributed by atoms with E-state index in [-0.39, 0.29) is 6.04 Å². The van der Waals surface area contributed by atoms with Crippen LogP contribution in [-0.2, 0) is 6.42 Å². The van der Waals surface area contributed by atoms with Crippen molar-refractivity contribution in [1.29, 1.82) is 0 Å². The van der Waals surface area contributed by atoms with E-state index in [9.17, 15) is 5.11 Å². The van der Waals surface area contributed by atoms with E-state index in [1.54, 1.807) is 24.5 Å². The molecule has 4 heteroatoms. The maximum absolute atomic E-state index is 9.46. The van der Waals surface area contributed by atoms with Gasteiger partial charge in [0.2, 0.25) is 0 Å². The van der Waals surface area contributed by atoms with E-state index in [2.05, 4.69) is 10.3 Å². The van der Waals surface area contributed by atoms with E-state index in [1.165, 1.54) is 11.1 Å². The number of hydrogen-bond acceptors (Lipinski definition) is 3. The third-order valence-corrected chi connectivity index (χ3v) is 3.63. The van der Waals surface area contributed by atoms with Crippen LogP contribution in [0.2, 0.25) is 5.02 Å². The molecule has 1 atom stereocenters. The van der Waals surface area contributed by atoms with Crippen LogP contribution >= 0.6 is 11.6 Å². The molecule has 0 amide bonds. The van der Waals surface area contributed by atoms with Crippen LogP contribution in [0, 0.1) is 0 Å². The van der Waals surface area contributed by atoms with Crippen molar-refractivity contribution in [2.24, 2.45) is 0 Å². The van der Waals surface area contributed by atoms with Crippen LogP contribution in [0.4, 0.5) is 5.69 Å². The molecule has 3 rings (SSSR count). The van der Waals surface area contributed by atoms with Crippen molar-refractivity contribution in [3.05, 3.63) is 52.8 Å². The summed E-state index contributed by atoms with van der Waals surface area (Å²) in [4.78, 5) is 4.07. The molecule has 1 aliphatic carbocycles. The Morgan fingerprint density at radius 3 is 3.06 bits per heavy atom. The number of rotatable bonds is 2. The number of aryl methyl sites for hydroxylation is 1. The van der Waals surface area contributed by atoms with Gasteiger partial charge in [-0.25, -0.2) is 0 Å². The van der Waals surface area contributed by atoms with Crippen LogP contribution < -0.4 is 5.32 Å². The number of phenolic OH excluding ortho intramolecular Hbond substituents is 1. The second-order valence-electron chi connectivity index (χ2n) is 4.47. The number of nitrogens with one attached hydrogen (secondary N) is 1. The first kappa shape index (κ1) is 11.4. The molecule has 1 aliphatic rings. The number of aromatic hydroxyl groups is 1. The average molecular weight is 261 g/mol. The summed E-state index contributed by atoms with van der Waals surface area (Å²) in [6, 6.07) is 7.55. The minimum Gasteiger partial charge on any atom is -0.508 e. The monoisotopic (exact) mass is 260 g/mol. The lowest BCUT2D eigenvalue weighted by atomic mass is 10.1. The highest BCUT2D eigenvalue weighted by Gasteiger charge is 2.23. The fraction of sp³-hybridized carbons (Fsp3) is 0.214. The zero-order valence-corrected chi connectivity index (χ0v) is 10.5. The topological polar surface area (TPSA) is 45.1 Å². The van der Waals surface area contributed by atoms with Gasteiger partial charge < -0.3 is 10.4 Å². The molecule has 0 fully saturated rings. The van der Waals surface area contributed by atoms with E-state index in [0.29, 0.717) is 10.8 Å². The Balaban J connectivity index is 1.87. The van der Waals surface area contributed by atoms with Crippen LogP contribution in [-0.4, -0.2) is 10.1 Å². The molecular formula is C14H13ClN2O. The standard InChI is InChI=1S/C14H13ClN2O/c15-12-5-6-16-8-14(12)17-13-4-1-9-7-10(18)2-3-11(9)13/h2-3,5-8,13,17-18H,1,4H2. The van der Waals surface area contributed by atoms with Gasteiger partial charge in [0.1, 0.15) is 5.75 Å². The van der Waals surface area contributed by atoms with E-state index < -0.39 is 0 Å². The maximum atomic E-state index is 9.46. The molecule has 1 unspecified atom stereocenters. The zero-order chi connectivity index (χ0) is 12.5. The number of anilines is 1. The first-order valence-corrected chi connectivity index (χ1v) is 6.29. The number of nitrogens with zero attached hydrogens (tertiary/aromatic N) is 1. The molecule has 0 saturated heterocycles. The third-order valence-electron chi connectivity index (χ3n) is 3.30. The van der Waals surface area contributed by atoms with E-state index in [1.807, 2.05) is 12.1 Å². The normalized spacial score (nSPS) is 17.5. The summed E-state index contributed by atoms with van der Waals surface area (Å²) in [6.07, 6.45) is 5.39. The lowest BCUT2D eigenvalue weighted by Crippen LogP contribution is -2.07. The fourth-order valence-electron chi connectivity index (χ4n) is 2.43. The molecule has 2 aromatic rings. The van der Waals surface area contributed by atoms with Crippen molar-refractivity contribution < 1.29 is 5.11 Å². The van der Waals surface area contributed by atoms with Crippen molar-refractivity contribution in [1.82, 2.24) is 4.98 Å². The SMILES string of the molecule is Oc1ccc2c(c1)CCC2Nc1cnccc1Cl. The number of aromatic nitrogens is 1. The number of benzene rings is 1. The van der Waals surface area contributed by atoms with Gasteiger partial charge in [-0.2, -0.15) is 0 Å². The molecule has 0 bridgehead atoms. The molecule has 0 aliphatic heterocycles. The summed E-state index contributed by atoms with van der Waals surface area (Å²) < 4.78 is 0. The third kappa shape index (κ3) is 2.02. The second kappa shape index (κ2) is 4.50. The number of pyridine rings is 1. The lowest BCUT2D eigenvalue weighted by Gasteiger charge is -2.16. The molecule has 0 saturated carbocycles. The van der Waals surface area contributed by atoms with Crippen LogP contribution in [0.3, 0.4) is 0 Å². The Morgan fingerprint density at radius 1 is 1.33 bits per heavy atom. The summed E-state index contributed by atoms with van der Waals surface area (Å²) in [7, 11) is 0. The number of halogens is 1. The van der Waals surface area contributed by atoms with E-state index >= 15 is 0 Å². The second-order valence-corrected chi connectivity index (χ2v) is 4.88. The molecule has 0 spiro atoms. The molecule has 0 radical (unpaired) electrons. The zero-order valence-electron chi connectivity index (χ0n) is 9.73. The van der Waals surface area contributed by atoms with Gasteiger partial charge in [-0.3, -0.25) is 4.98 Å². The number of phenols is 1. The minimum absolute atomic E-state index is 0.238. The predicted molar refractivity (Wildman–Crippen MR) is 72.0 cm³/mol. The van der Waals surface area contributed by atoms with Crippen molar-refractivity contribution in [3.63, 3.8) is 0 Å². The van der Waals surface area contributed by atoms with Crippen molar-refractivity contribution >= 4 is 17.3 Å². The Bertz CT molecular complexity index is 586. The average Bonchev–Trinajstić information content (AvgIpc) is 2.74. The van der Waals surface area contributed by atoms with Gasteiger partial charge in [-0.1, -0.05) is 17.7 Å². The van der Waals surface area contributed by atoms with E-state index in [0.717, 1.165) is 18.5 Å². The van der Waals surface area contributed by atoms with Gasteiger partial charge in [-0.15, -0.1) is 0 Å². The fourth-order valence-corrected chi connectivity index (χ4v) is 2.58. The van der Waals surface area contributed by atoms with Crippen molar-refractivity contribution in [2.45, 2.75) is 18.9 Å². The molecule has 3 nitrogen and oxygen atoms in total. The number of hydrogen-bond donors (Lipinski definition) is 2. The molecule has 1 heterocycles. The summed E-state index contributed by atoms with van der Waals surface area (Å²) in [5.41, 5.74) is 3.28. The van der Waals surface area contributed by atoms with Gasteiger partial charge >= 0.3 is 0 Å². The highest BCUT2D eigenvalue weighted by Crippen LogP contribution is 2.36. The molecule has 1 aromatic heterocycles. The first-order valence-electron chi connectivity index (χ1n) is 5.92. The van der Waals surface area contributed by atoms with Gasteiger partial charge in [-0.05, 0) is 42.2 Å². The summed E-state index contributed by atoms with van der Waals surface area (Å²) in [5, 5.41) is 13.6. The van der Waals surface area contributed by atoms with Crippen LogP contribution in [0.5, 0.6) is 5.75 Å². The van der Waals surface area contributed by atoms with Gasteiger partial charge in [0.05, 0.1) is 22.9 Å². The van der Waals surface area contributed by atoms with Crippen LogP contribution in [0.15, 0.2) is 36.7 Å². The predicted octanol–water partition coefficient (Wildman–Crippen LogP) is 3.54. The molecule has 92 valence electrons. The minimum atomic E-state index is 0.238. The molecule has 1 aromatic carbocycles. The van der Waals surface area contributed by atoms with Gasteiger partial charge in [0, 0.05) is 6.20 Å². The smallest absolute Gasteiger partial charge is 0.115 e. The Kier molecular flexibility index (Phi) is 2.84. The summed E-state index contributed by atoms with van der Waals surface area (Å²) >= 11 is 6.11. The Morgan fingerprint density at radius 2 is 2.22 bits per heavy atom. The summed E-state index contributed by atoms with van der Waals surface area (Å²) in [6.45, 7) is 0. The quantitative estimate of drug-likeness (QED) is 0.868. The summed E-state index contributed by atoms with van der Waals surface area (Å²) in [5.74, 6) is 0.328. The highest BCUT2D eigenvalue weighted by molar-refractivity contribution is 6.33. The highest BCUT2D eigenvalue weighted by atomic mass is 35.5.